The van der Waals surface area contributed by atoms with E-state index in [1.165, 1.54) is 6.07 Å². The lowest BCUT2D eigenvalue weighted by molar-refractivity contribution is 0.514. The van der Waals surface area contributed by atoms with Gasteiger partial charge in [-0.05, 0) is 46.1 Å². The summed E-state index contributed by atoms with van der Waals surface area (Å²) in [5.74, 6) is 5.31. The molecule has 3 nitrogen and oxygen atoms in total. The van der Waals surface area contributed by atoms with E-state index in [9.17, 15) is 4.39 Å². The van der Waals surface area contributed by atoms with E-state index >= 15 is 0 Å². The predicted molar refractivity (Wildman–Crippen MR) is 76.9 cm³/mol. The molecule has 0 spiro atoms. The maximum atomic E-state index is 13.4. The summed E-state index contributed by atoms with van der Waals surface area (Å²) in [5.41, 5.74) is 4.61. The molecule has 1 atom stereocenters. The largest absolute Gasteiger partial charge is 0.271 e. The van der Waals surface area contributed by atoms with Crippen molar-refractivity contribution in [2.45, 2.75) is 18.9 Å². The zero-order valence-electron chi connectivity index (χ0n) is 10.3. The maximum absolute atomic E-state index is 13.4. The van der Waals surface area contributed by atoms with Crippen LogP contribution in [0.3, 0.4) is 0 Å². The van der Waals surface area contributed by atoms with Gasteiger partial charge in [0, 0.05) is 24.4 Å². The molecule has 1 aromatic heterocycles. The third kappa shape index (κ3) is 3.83. The third-order valence-corrected chi connectivity index (χ3v) is 3.80. The van der Waals surface area contributed by atoms with E-state index in [0.717, 1.165) is 11.3 Å². The molecule has 1 unspecified atom stereocenters. The van der Waals surface area contributed by atoms with E-state index in [2.05, 4.69) is 26.3 Å². The first-order valence-corrected chi connectivity index (χ1v) is 6.79. The molecule has 0 saturated heterocycles. The van der Waals surface area contributed by atoms with Gasteiger partial charge in [-0.1, -0.05) is 18.2 Å². The lowest BCUT2D eigenvalue weighted by atomic mass is 10.0. The van der Waals surface area contributed by atoms with Crippen molar-refractivity contribution >= 4 is 15.9 Å². The van der Waals surface area contributed by atoms with Gasteiger partial charge in [0.25, 0.3) is 0 Å². The molecule has 0 radical (unpaired) electrons. The van der Waals surface area contributed by atoms with E-state index in [1.807, 2.05) is 24.3 Å². The van der Waals surface area contributed by atoms with E-state index in [4.69, 9.17) is 5.84 Å². The summed E-state index contributed by atoms with van der Waals surface area (Å²) in [6.07, 6.45) is 3.08. The Kier molecular flexibility index (Phi) is 5.01. The van der Waals surface area contributed by atoms with Crippen molar-refractivity contribution in [2.75, 3.05) is 0 Å². The predicted octanol–water partition coefficient (Wildman–Crippen LogP) is 2.60. The highest BCUT2D eigenvalue weighted by atomic mass is 79.9. The van der Waals surface area contributed by atoms with Crippen LogP contribution in [-0.4, -0.2) is 11.0 Å². The van der Waals surface area contributed by atoms with Crippen LogP contribution in [0.2, 0.25) is 0 Å². The standard InChI is InChI=1S/C14H15BrFN3/c15-14-10(4-3-6-13(14)16)8-12(19-17)9-11-5-1-2-7-18-11/h1-7,12,19H,8-9,17H2. The molecule has 0 aliphatic heterocycles. The number of hydrogen-bond donors (Lipinski definition) is 2. The van der Waals surface area contributed by atoms with Gasteiger partial charge in [-0.25, -0.2) is 4.39 Å². The van der Waals surface area contributed by atoms with Crippen LogP contribution < -0.4 is 11.3 Å². The second-order valence-corrected chi connectivity index (χ2v) is 5.10. The number of nitrogens with one attached hydrogen (secondary N) is 1. The fraction of sp³-hybridized carbons (Fsp3) is 0.214. The van der Waals surface area contributed by atoms with Gasteiger partial charge >= 0.3 is 0 Å². The summed E-state index contributed by atoms with van der Waals surface area (Å²) in [5, 5.41) is 0. The van der Waals surface area contributed by atoms with Crippen molar-refractivity contribution in [1.29, 1.82) is 0 Å². The number of aromatic nitrogens is 1. The van der Waals surface area contributed by atoms with Gasteiger partial charge in [0.15, 0.2) is 0 Å². The Bertz CT molecular complexity index is 533. The van der Waals surface area contributed by atoms with Crippen molar-refractivity contribution in [3.63, 3.8) is 0 Å². The van der Waals surface area contributed by atoms with Crippen molar-refractivity contribution < 1.29 is 4.39 Å². The normalized spacial score (nSPS) is 12.4. The number of nitrogens with zero attached hydrogens (tertiary/aromatic N) is 1. The van der Waals surface area contributed by atoms with Crippen LogP contribution in [0.5, 0.6) is 0 Å². The molecule has 1 heterocycles. The monoisotopic (exact) mass is 323 g/mol. The maximum Gasteiger partial charge on any atom is 0.137 e. The summed E-state index contributed by atoms with van der Waals surface area (Å²) in [4.78, 5) is 4.27. The minimum absolute atomic E-state index is 0.00741. The first-order chi connectivity index (χ1) is 9.20. The fourth-order valence-corrected chi connectivity index (χ4v) is 2.36. The van der Waals surface area contributed by atoms with Crippen LogP contribution in [0.15, 0.2) is 47.1 Å². The number of halogens is 2. The van der Waals surface area contributed by atoms with Crippen LogP contribution in [-0.2, 0) is 12.8 Å². The Hall–Kier alpha value is -1.30. The molecule has 0 aliphatic carbocycles. The van der Waals surface area contributed by atoms with Crippen LogP contribution in [0.25, 0.3) is 0 Å². The third-order valence-electron chi connectivity index (χ3n) is 2.92. The van der Waals surface area contributed by atoms with Gasteiger partial charge in [-0.15, -0.1) is 0 Å². The van der Waals surface area contributed by atoms with Gasteiger partial charge in [-0.2, -0.15) is 0 Å². The summed E-state index contributed by atoms with van der Waals surface area (Å²) in [7, 11) is 0. The molecular formula is C14H15BrFN3. The van der Waals surface area contributed by atoms with Crippen LogP contribution in [0.1, 0.15) is 11.3 Å². The van der Waals surface area contributed by atoms with Gasteiger partial charge < -0.3 is 0 Å². The van der Waals surface area contributed by atoms with E-state index in [-0.39, 0.29) is 11.9 Å². The summed E-state index contributed by atoms with van der Waals surface area (Å²) in [6.45, 7) is 0. The molecule has 0 bridgehead atoms. The van der Waals surface area contributed by atoms with Gasteiger partial charge in [-0.3, -0.25) is 16.3 Å². The van der Waals surface area contributed by atoms with E-state index in [1.54, 1.807) is 12.3 Å². The number of pyridine rings is 1. The number of nitrogens with two attached hydrogens (primary N) is 1. The van der Waals surface area contributed by atoms with Gasteiger partial charge in [0.05, 0.1) is 4.47 Å². The quantitative estimate of drug-likeness (QED) is 0.657. The van der Waals surface area contributed by atoms with Crippen LogP contribution in [0, 0.1) is 5.82 Å². The zero-order valence-corrected chi connectivity index (χ0v) is 11.9. The molecule has 0 amide bonds. The number of benzene rings is 1. The first kappa shape index (κ1) is 14.1. The Balaban J connectivity index is 2.09. The Morgan fingerprint density at radius 1 is 1.21 bits per heavy atom. The second kappa shape index (κ2) is 6.75. The van der Waals surface area contributed by atoms with Gasteiger partial charge in [0.2, 0.25) is 0 Å². The molecule has 0 aliphatic rings. The fourth-order valence-electron chi connectivity index (χ4n) is 1.93. The number of hydrazine groups is 1. The minimum atomic E-state index is -0.258. The molecule has 3 N–H and O–H groups in total. The highest BCUT2D eigenvalue weighted by Crippen LogP contribution is 2.22. The molecule has 0 saturated carbocycles. The first-order valence-electron chi connectivity index (χ1n) is 5.99. The second-order valence-electron chi connectivity index (χ2n) is 4.31. The van der Waals surface area contributed by atoms with Crippen LogP contribution in [0.4, 0.5) is 4.39 Å². The lowest BCUT2D eigenvalue weighted by Crippen LogP contribution is -2.38. The molecule has 2 aromatic rings. The molecule has 100 valence electrons. The van der Waals surface area contributed by atoms with E-state index < -0.39 is 0 Å². The van der Waals surface area contributed by atoms with Crippen molar-refractivity contribution in [1.82, 2.24) is 10.4 Å². The van der Waals surface area contributed by atoms with Crippen LogP contribution >= 0.6 is 15.9 Å². The highest BCUT2D eigenvalue weighted by Gasteiger charge is 2.13. The average molecular weight is 324 g/mol. The average Bonchev–Trinajstić information content (AvgIpc) is 2.44. The minimum Gasteiger partial charge on any atom is -0.271 e. The zero-order chi connectivity index (χ0) is 13.7. The SMILES string of the molecule is NNC(Cc1ccccn1)Cc1cccc(F)c1Br. The summed E-state index contributed by atoms with van der Waals surface area (Å²) >= 11 is 3.26. The molecule has 1 aromatic carbocycles. The highest BCUT2D eigenvalue weighted by molar-refractivity contribution is 9.10. The van der Waals surface area contributed by atoms with Gasteiger partial charge in [0.1, 0.15) is 5.82 Å². The molecule has 2 rings (SSSR count). The summed E-state index contributed by atoms with van der Waals surface area (Å²) < 4.78 is 13.9. The van der Waals surface area contributed by atoms with E-state index in [0.29, 0.717) is 17.3 Å². The summed E-state index contributed by atoms with van der Waals surface area (Å²) in [6, 6.07) is 10.8. The lowest BCUT2D eigenvalue weighted by Gasteiger charge is -2.16. The van der Waals surface area contributed by atoms with Crippen molar-refractivity contribution in [3.05, 3.63) is 64.1 Å². The Labute approximate surface area is 120 Å². The number of rotatable bonds is 5. The topological polar surface area (TPSA) is 50.9 Å². The molecular weight excluding hydrogens is 309 g/mol. The molecule has 0 fully saturated rings. The molecule has 5 heteroatoms. The van der Waals surface area contributed by atoms with Crippen molar-refractivity contribution in [3.8, 4) is 0 Å². The molecule has 19 heavy (non-hydrogen) atoms. The Morgan fingerprint density at radius 3 is 2.74 bits per heavy atom. The smallest absolute Gasteiger partial charge is 0.137 e. The van der Waals surface area contributed by atoms with Crippen molar-refractivity contribution in [2.24, 2.45) is 5.84 Å². The number of hydrogen-bond acceptors (Lipinski definition) is 3. The Morgan fingerprint density at radius 2 is 2.05 bits per heavy atom.